The zero-order valence-corrected chi connectivity index (χ0v) is 38.6. The molecule has 0 radical (unpaired) electrons. The van der Waals surface area contributed by atoms with Crippen LogP contribution in [0.4, 0.5) is 0 Å². The lowest BCUT2D eigenvalue weighted by Gasteiger charge is -2.49. The maximum atomic E-state index is 11.4. The second-order valence-electron chi connectivity index (χ2n) is 19.3. The van der Waals surface area contributed by atoms with E-state index in [1.807, 2.05) is 0 Å². The number of rotatable bonds is 6. The Morgan fingerprint density at radius 1 is 0.278 bits per heavy atom. The van der Waals surface area contributed by atoms with E-state index < -0.39 is 249 Å². The SMILES string of the molecule is OC[C@H]1O[C@H]2C[C@@H](O)[C@@H]1C[C@H]1O[C@H](CO)[C@@H](O[C@H]3O[C@H](CO)[C@@H](O[C@H]4OC[C@@H](O[C@@H]5C[C@@H](O)[C@H](O[C@H]6O[C@H](CO)[C@@H](O[C@@H]7C[C@@H](O)[C@H](O2)[C@@H](CO)O7)[C@H](O)[C@H]6O)[C@@H](CO)O5)[C@H](O)[C@H]4O)[C@H](O)[C@H]3O)[C@H](O)[C@H]1O. The lowest BCUT2D eigenvalue weighted by Crippen LogP contribution is -2.66. The summed E-state index contributed by atoms with van der Waals surface area (Å²) in [4.78, 5) is 0. The smallest absolute Gasteiger partial charge is 0.187 e. The van der Waals surface area contributed by atoms with Gasteiger partial charge < -0.3 is 148 Å². The molecule has 17 N–H and O–H groups in total. The first-order valence-electron chi connectivity index (χ1n) is 24.0. The van der Waals surface area contributed by atoms with Gasteiger partial charge >= 0.3 is 0 Å². The van der Waals surface area contributed by atoms with Crippen molar-refractivity contribution in [2.24, 2.45) is 5.92 Å². The van der Waals surface area contributed by atoms with Gasteiger partial charge in [0.15, 0.2) is 37.7 Å². The Morgan fingerprint density at radius 3 is 1.17 bits per heavy atom. The van der Waals surface area contributed by atoms with E-state index in [0.29, 0.717) is 0 Å². The molecular weight excluding hydrogens is 984 g/mol. The van der Waals surface area contributed by atoms with E-state index in [9.17, 15) is 86.8 Å². The molecule has 21 heterocycles. The molecule has 21 saturated heterocycles. The van der Waals surface area contributed by atoms with Gasteiger partial charge in [-0.05, 0) is 6.42 Å². The van der Waals surface area contributed by atoms with Crippen molar-refractivity contribution < 1.29 is 148 Å². The number of aliphatic hydroxyl groups is 17. The summed E-state index contributed by atoms with van der Waals surface area (Å²) in [5, 5.41) is 186. The molecule has 21 aliphatic heterocycles. The largest absolute Gasteiger partial charge is 0.394 e. The quantitative estimate of drug-likeness (QED) is 0.117. The normalized spacial score (nSPS) is 54.2. The zero-order valence-electron chi connectivity index (χ0n) is 38.6. The van der Waals surface area contributed by atoms with E-state index in [-0.39, 0.29) is 12.8 Å². The molecule has 0 unspecified atom stereocenters. The molecule has 31 atom stereocenters. The Bertz CT molecular complexity index is 1670. The summed E-state index contributed by atoms with van der Waals surface area (Å²) in [6.45, 7) is -5.48. The van der Waals surface area contributed by atoms with Gasteiger partial charge in [-0.15, -0.1) is 0 Å². The van der Waals surface area contributed by atoms with Crippen LogP contribution in [-0.2, 0) is 61.6 Å². The van der Waals surface area contributed by atoms with Gasteiger partial charge in [-0.1, -0.05) is 0 Å². The molecular formula is C42H70O30. The van der Waals surface area contributed by atoms with Crippen molar-refractivity contribution in [1.82, 2.24) is 0 Å². The average Bonchev–Trinajstić information content (AvgIpc) is 3.36. The van der Waals surface area contributed by atoms with Crippen LogP contribution >= 0.6 is 0 Å². The van der Waals surface area contributed by atoms with E-state index in [2.05, 4.69) is 0 Å². The summed E-state index contributed by atoms with van der Waals surface area (Å²) in [5.41, 5.74) is 0. The van der Waals surface area contributed by atoms with Crippen LogP contribution in [-0.4, -0.2) is 317 Å². The molecule has 21 fully saturated rings. The second kappa shape index (κ2) is 24.6. The van der Waals surface area contributed by atoms with Crippen molar-refractivity contribution in [2.75, 3.05) is 46.2 Å². The second-order valence-corrected chi connectivity index (χ2v) is 19.3. The molecule has 0 aromatic rings. The minimum Gasteiger partial charge on any atom is -0.394 e. The third-order valence-electron chi connectivity index (χ3n) is 14.6. The van der Waals surface area contributed by atoms with Crippen LogP contribution < -0.4 is 0 Å². The number of aliphatic hydroxyl groups excluding tert-OH is 17. The molecule has 0 aromatic heterocycles. The van der Waals surface area contributed by atoms with E-state index in [4.69, 9.17) is 61.6 Å². The van der Waals surface area contributed by atoms with Crippen LogP contribution in [0.25, 0.3) is 0 Å². The molecule has 0 amide bonds. The average molecular weight is 1050 g/mol. The molecule has 30 nitrogen and oxygen atoms in total. The highest BCUT2D eigenvalue weighted by molar-refractivity contribution is 5.00. The maximum Gasteiger partial charge on any atom is 0.187 e. The van der Waals surface area contributed by atoms with Crippen molar-refractivity contribution >= 4 is 0 Å². The van der Waals surface area contributed by atoms with E-state index in [1.54, 1.807) is 0 Å². The summed E-state index contributed by atoms with van der Waals surface area (Å²) in [5.74, 6) is -1.02. The lowest BCUT2D eigenvalue weighted by molar-refractivity contribution is -0.377. The Kier molecular flexibility index (Phi) is 19.5. The fourth-order valence-electron chi connectivity index (χ4n) is 10.7. The highest BCUT2D eigenvalue weighted by Gasteiger charge is 2.56. The van der Waals surface area contributed by atoms with E-state index in [0.717, 1.165) is 0 Å². The first-order chi connectivity index (χ1) is 34.4. The molecule has 21 aliphatic rings. The summed E-state index contributed by atoms with van der Waals surface area (Å²) < 4.78 is 75.8. The lowest BCUT2D eigenvalue weighted by atomic mass is 9.82. The molecule has 30 heteroatoms. The van der Waals surface area contributed by atoms with Gasteiger partial charge in [-0.2, -0.15) is 0 Å². The first kappa shape index (κ1) is 57.0. The minimum atomic E-state index is -2.04. The summed E-state index contributed by atoms with van der Waals surface area (Å²) in [7, 11) is 0. The number of ether oxygens (including phenoxy) is 13. The predicted octanol–water partition coefficient (Wildman–Crippen LogP) is -10.8. The third kappa shape index (κ3) is 11.8. The third-order valence-corrected chi connectivity index (χ3v) is 14.6. The van der Waals surface area contributed by atoms with Gasteiger partial charge in [0.25, 0.3) is 0 Å². The fraction of sp³-hybridized carbons (Fsp3) is 1.00. The molecule has 0 aromatic carbocycles. The van der Waals surface area contributed by atoms with Crippen molar-refractivity contribution in [3.63, 3.8) is 0 Å². The van der Waals surface area contributed by atoms with Crippen LogP contribution in [0.1, 0.15) is 25.7 Å². The van der Waals surface area contributed by atoms with Crippen LogP contribution in [0.5, 0.6) is 0 Å². The maximum absolute atomic E-state index is 11.4. The molecule has 72 heavy (non-hydrogen) atoms. The Labute approximate surface area is 410 Å². The van der Waals surface area contributed by atoms with Crippen molar-refractivity contribution in [3.8, 4) is 0 Å². The molecule has 14 bridgehead atoms. The van der Waals surface area contributed by atoms with Gasteiger partial charge in [0.1, 0.15) is 116 Å². The Hall–Kier alpha value is -1.20. The molecule has 21 rings (SSSR count). The Morgan fingerprint density at radius 2 is 0.639 bits per heavy atom. The topological polar surface area (TPSA) is 464 Å². The zero-order chi connectivity index (χ0) is 51.9. The van der Waals surface area contributed by atoms with Gasteiger partial charge in [0.2, 0.25) is 0 Å². The molecule has 0 spiro atoms. The van der Waals surface area contributed by atoms with Gasteiger partial charge in [0.05, 0.1) is 76.8 Å². The van der Waals surface area contributed by atoms with E-state index in [1.165, 1.54) is 0 Å². The van der Waals surface area contributed by atoms with Crippen molar-refractivity contribution in [3.05, 3.63) is 0 Å². The fourth-order valence-corrected chi connectivity index (χ4v) is 10.7. The predicted molar refractivity (Wildman–Crippen MR) is 221 cm³/mol. The molecule has 418 valence electrons. The number of hydrogen-bond donors (Lipinski definition) is 17. The van der Waals surface area contributed by atoms with Gasteiger partial charge in [-0.3, -0.25) is 0 Å². The molecule has 0 aliphatic carbocycles. The van der Waals surface area contributed by atoms with Crippen LogP contribution in [0.3, 0.4) is 0 Å². The van der Waals surface area contributed by atoms with Gasteiger partial charge in [0, 0.05) is 25.2 Å². The summed E-state index contributed by atoms with van der Waals surface area (Å²) >= 11 is 0. The highest BCUT2D eigenvalue weighted by Crippen LogP contribution is 2.39. The van der Waals surface area contributed by atoms with Crippen LogP contribution in [0, 0.1) is 5.92 Å². The molecule has 0 saturated carbocycles. The minimum absolute atomic E-state index is 0.301. The van der Waals surface area contributed by atoms with Gasteiger partial charge in [-0.25, -0.2) is 0 Å². The highest BCUT2D eigenvalue weighted by atomic mass is 16.8. The standard InChI is InChI=1S/C42H70O30/c43-5-17-12-1-16-27(52)29(54)38(20(8-46)61-16)72-42-34(59)31(56)39(22(10-48)67-42)71-40-32(57)28(53)23(11-60-40)65-24-3-15(51)36(19(7-45)63-24)70-41-33(58)30(55)37(21(9-47)66-41)69-26-4-14(50)35(18(6-44)64-26)68-25(62-17)2-13(12)49/h12-59H,1-11H2/t12-,13+,14+,15+,16+,17+,18+,19+,20+,21+,22+,23+,24+,25+,26+,27-,28-,29+,30+,31+,32+,33+,34+,35-,36-,37+,38+,39+,40+,41+,42+/m0/s1. The summed E-state index contributed by atoms with van der Waals surface area (Å²) in [6, 6.07) is 0. The Balaban J connectivity index is 1.03. The van der Waals surface area contributed by atoms with Crippen LogP contribution in [0.2, 0.25) is 0 Å². The van der Waals surface area contributed by atoms with Crippen LogP contribution in [0.15, 0.2) is 0 Å². The monoisotopic (exact) mass is 1050 g/mol. The van der Waals surface area contributed by atoms with E-state index >= 15 is 0 Å². The van der Waals surface area contributed by atoms with Crippen molar-refractivity contribution in [1.29, 1.82) is 0 Å². The summed E-state index contributed by atoms with van der Waals surface area (Å²) in [6.07, 6.45) is -49.8. The number of hydrogen-bond acceptors (Lipinski definition) is 30. The van der Waals surface area contributed by atoms with Crippen molar-refractivity contribution in [2.45, 2.75) is 210 Å². The first-order valence-corrected chi connectivity index (χ1v) is 24.0.